The molecule has 0 unspecified atom stereocenters. The molecule has 3 amide bonds. The zero-order valence-corrected chi connectivity index (χ0v) is 20.2. The smallest absolute Gasteiger partial charge is 0.415 e. The van der Waals surface area contributed by atoms with Crippen molar-refractivity contribution >= 4 is 17.9 Å². The van der Waals surface area contributed by atoms with Crippen LogP contribution in [0.1, 0.15) is 45.1 Å². The van der Waals surface area contributed by atoms with Crippen LogP contribution in [-0.2, 0) is 16.1 Å². The molecule has 0 aliphatic carbocycles. The van der Waals surface area contributed by atoms with Crippen LogP contribution in [0, 0.1) is 5.92 Å². The standard InChI is InChI=1S/C24H38N4O5/c1-18(2)9-7-5-6-8-10-22(29)27-17-19-11-12-20(21(15-19)32-4)33-24(31)28(3)14-13-26-23(30)16-25/h7,9,11-12,15,18H,5-6,8,10,13-14,16-17,25H2,1-4H3,(H,26,30)(H,27,29). The van der Waals surface area contributed by atoms with Gasteiger partial charge in [0.1, 0.15) is 0 Å². The minimum atomic E-state index is -0.584. The molecule has 9 nitrogen and oxygen atoms in total. The van der Waals surface area contributed by atoms with Crippen molar-refractivity contribution in [2.45, 2.75) is 46.1 Å². The van der Waals surface area contributed by atoms with Gasteiger partial charge in [0.25, 0.3) is 0 Å². The molecule has 0 fully saturated rings. The molecule has 184 valence electrons. The number of likely N-dealkylation sites (N-methyl/N-ethyl adjacent to an activating group) is 1. The zero-order valence-electron chi connectivity index (χ0n) is 20.2. The lowest BCUT2D eigenvalue weighted by Gasteiger charge is -2.18. The lowest BCUT2D eigenvalue weighted by Crippen LogP contribution is -2.39. The molecule has 1 rings (SSSR count). The minimum Gasteiger partial charge on any atom is -0.493 e. The molecule has 4 N–H and O–H groups in total. The van der Waals surface area contributed by atoms with Gasteiger partial charge in [0.05, 0.1) is 13.7 Å². The summed E-state index contributed by atoms with van der Waals surface area (Å²) in [4.78, 5) is 36.8. The summed E-state index contributed by atoms with van der Waals surface area (Å²) in [6, 6.07) is 5.12. The molecule has 0 bridgehead atoms. The fourth-order valence-corrected chi connectivity index (χ4v) is 2.81. The molecule has 1 aromatic rings. The molecule has 33 heavy (non-hydrogen) atoms. The van der Waals surface area contributed by atoms with E-state index in [9.17, 15) is 14.4 Å². The quantitative estimate of drug-likeness (QED) is 0.288. The molecule has 0 aliphatic rings. The van der Waals surface area contributed by atoms with Gasteiger partial charge in [-0.2, -0.15) is 0 Å². The second-order valence-electron chi connectivity index (χ2n) is 8.02. The molecule has 1 aromatic carbocycles. The van der Waals surface area contributed by atoms with E-state index in [1.54, 1.807) is 25.2 Å². The number of benzene rings is 1. The summed E-state index contributed by atoms with van der Waals surface area (Å²) in [5, 5.41) is 5.49. The van der Waals surface area contributed by atoms with Gasteiger partial charge in [0.15, 0.2) is 11.5 Å². The van der Waals surface area contributed by atoms with Gasteiger partial charge in [-0.05, 0) is 42.9 Å². The lowest BCUT2D eigenvalue weighted by molar-refractivity contribution is -0.121. The first-order valence-corrected chi connectivity index (χ1v) is 11.3. The van der Waals surface area contributed by atoms with Crippen LogP contribution in [0.5, 0.6) is 11.5 Å². The maximum Gasteiger partial charge on any atom is 0.415 e. The van der Waals surface area contributed by atoms with Crippen molar-refractivity contribution in [3.05, 3.63) is 35.9 Å². The number of methoxy groups -OCH3 is 1. The zero-order chi connectivity index (χ0) is 24.6. The van der Waals surface area contributed by atoms with Gasteiger partial charge in [-0.1, -0.05) is 32.1 Å². The van der Waals surface area contributed by atoms with Crippen molar-refractivity contribution in [1.29, 1.82) is 0 Å². The first-order chi connectivity index (χ1) is 15.8. The Hall–Kier alpha value is -3.07. The van der Waals surface area contributed by atoms with Crippen LogP contribution in [-0.4, -0.2) is 56.6 Å². The summed E-state index contributed by atoms with van der Waals surface area (Å²) in [7, 11) is 3.04. The van der Waals surface area contributed by atoms with E-state index in [4.69, 9.17) is 15.2 Å². The van der Waals surface area contributed by atoms with Crippen LogP contribution in [0.4, 0.5) is 4.79 Å². The Balaban J connectivity index is 2.47. The molecule has 0 saturated heterocycles. The van der Waals surface area contributed by atoms with E-state index in [0.717, 1.165) is 24.8 Å². The van der Waals surface area contributed by atoms with Crippen molar-refractivity contribution in [2.75, 3.05) is 33.8 Å². The van der Waals surface area contributed by atoms with E-state index in [2.05, 4.69) is 36.6 Å². The number of nitrogens with two attached hydrogens (primary N) is 1. The Morgan fingerprint density at radius 1 is 1.12 bits per heavy atom. The SMILES string of the molecule is COc1cc(CNC(=O)CCCCC=CC(C)C)ccc1OC(=O)N(C)CCNC(=O)CN. The number of amides is 3. The van der Waals surface area contributed by atoms with E-state index in [-0.39, 0.29) is 37.2 Å². The largest absolute Gasteiger partial charge is 0.493 e. The molecular formula is C24H38N4O5. The van der Waals surface area contributed by atoms with Crippen molar-refractivity contribution in [1.82, 2.24) is 15.5 Å². The molecule has 0 radical (unpaired) electrons. The number of hydrogen-bond acceptors (Lipinski definition) is 6. The summed E-state index contributed by atoms with van der Waals surface area (Å²) in [6.07, 6.45) is 7.06. The van der Waals surface area contributed by atoms with Gasteiger partial charge in [0, 0.05) is 33.1 Å². The number of allylic oxidation sites excluding steroid dienone is 2. The van der Waals surface area contributed by atoms with Crippen LogP contribution >= 0.6 is 0 Å². The molecule has 0 atom stereocenters. The first-order valence-electron chi connectivity index (χ1n) is 11.3. The normalized spacial score (nSPS) is 10.8. The highest BCUT2D eigenvalue weighted by atomic mass is 16.6. The van der Waals surface area contributed by atoms with Gasteiger partial charge in [-0.3, -0.25) is 9.59 Å². The van der Waals surface area contributed by atoms with E-state index in [0.29, 0.717) is 24.6 Å². The van der Waals surface area contributed by atoms with Gasteiger partial charge >= 0.3 is 6.09 Å². The van der Waals surface area contributed by atoms with Crippen molar-refractivity contribution in [3.8, 4) is 11.5 Å². The molecule has 0 heterocycles. The van der Waals surface area contributed by atoms with Crippen LogP contribution in [0.25, 0.3) is 0 Å². The fourth-order valence-electron chi connectivity index (χ4n) is 2.81. The van der Waals surface area contributed by atoms with Gasteiger partial charge in [0.2, 0.25) is 11.8 Å². The number of carbonyl (C=O) groups is 3. The van der Waals surface area contributed by atoms with Crippen LogP contribution in [0.15, 0.2) is 30.4 Å². The third-order valence-corrected chi connectivity index (χ3v) is 4.73. The lowest BCUT2D eigenvalue weighted by atomic mass is 10.1. The Morgan fingerprint density at radius 3 is 2.55 bits per heavy atom. The number of carbonyl (C=O) groups excluding carboxylic acids is 3. The third kappa shape index (κ3) is 11.9. The highest BCUT2D eigenvalue weighted by Crippen LogP contribution is 2.28. The molecule has 0 saturated carbocycles. The Morgan fingerprint density at radius 2 is 1.88 bits per heavy atom. The number of ether oxygens (including phenoxy) is 2. The van der Waals surface area contributed by atoms with Crippen LogP contribution in [0.3, 0.4) is 0 Å². The van der Waals surface area contributed by atoms with E-state index < -0.39 is 6.09 Å². The average molecular weight is 463 g/mol. The monoisotopic (exact) mass is 462 g/mol. The Labute approximate surface area is 196 Å². The summed E-state index contributed by atoms with van der Waals surface area (Å²) in [5.74, 6) is 0.916. The van der Waals surface area contributed by atoms with Gasteiger partial charge in [-0.15, -0.1) is 0 Å². The second-order valence-corrected chi connectivity index (χ2v) is 8.02. The molecular weight excluding hydrogens is 424 g/mol. The molecule has 9 heteroatoms. The Kier molecular flexibility index (Phi) is 13.3. The number of rotatable bonds is 14. The highest BCUT2D eigenvalue weighted by molar-refractivity contribution is 5.78. The van der Waals surface area contributed by atoms with Crippen LogP contribution in [0.2, 0.25) is 0 Å². The summed E-state index contributed by atoms with van der Waals surface area (Å²) in [5.41, 5.74) is 6.05. The summed E-state index contributed by atoms with van der Waals surface area (Å²) in [6.45, 7) is 5.08. The van der Waals surface area contributed by atoms with Crippen molar-refractivity contribution in [2.24, 2.45) is 11.7 Å². The maximum absolute atomic E-state index is 12.3. The predicted octanol–water partition coefficient (Wildman–Crippen LogP) is 2.59. The van der Waals surface area contributed by atoms with Crippen molar-refractivity contribution in [3.63, 3.8) is 0 Å². The van der Waals surface area contributed by atoms with Crippen LogP contribution < -0.4 is 25.8 Å². The van der Waals surface area contributed by atoms with Crippen molar-refractivity contribution < 1.29 is 23.9 Å². The maximum atomic E-state index is 12.3. The summed E-state index contributed by atoms with van der Waals surface area (Å²) < 4.78 is 10.7. The number of hydrogen-bond donors (Lipinski definition) is 3. The third-order valence-electron chi connectivity index (χ3n) is 4.73. The second kappa shape index (κ2) is 15.7. The summed E-state index contributed by atoms with van der Waals surface area (Å²) >= 11 is 0. The average Bonchev–Trinajstić information content (AvgIpc) is 2.79. The highest BCUT2D eigenvalue weighted by Gasteiger charge is 2.15. The van der Waals surface area contributed by atoms with Gasteiger partial charge in [-0.25, -0.2) is 4.79 Å². The minimum absolute atomic E-state index is 0.000613. The first kappa shape index (κ1) is 28.0. The number of nitrogens with zero attached hydrogens (tertiary/aromatic N) is 1. The number of unbranched alkanes of at least 4 members (excludes halogenated alkanes) is 2. The Bertz CT molecular complexity index is 795. The van der Waals surface area contributed by atoms with E-state index in [1.165, 1.54) is 12.0 Å². The molecule has 0 aromatic heterocycles. The predicted molar refractivity (Wildman–Crippen MR) is 128 cm³/mol. The number of nitrogens with one attached hydrogen (secondary N) is 2. The molecule has 0 spiro atoms. The topological polar surface area (TPSA) is 123 Å². The molecule has 0 aliphatic heterocycles. The fraction of sp³-hybridized carbons (Fsp3) is 0.542. The van der Waals surface area contributed by atoms with E-state index >= 15 is 0 Å². The van der Waals surface area contributed by atoms with E-state index in [1.807, 2.05) is 0 Å². The van der Waals surface area contributed by atoms with Gasteiger partial charge < -0.3 is 30.7 Å².